The quantitative estimate of drug-likeness (QED) is 0.108. The molecule has 0 aliphatic heterocycles. The van der Waals surface area contributed by atoms with Crippen LogP contribution in [-0.4, -0.2) is 11.1 Å². The predicted molar refractivity (Wildman–Crippen MR) is 152 cm³/mol. The first-order valence-corrected chi connectivity index (χ1v) is 15.9. The molecule has 0 spiro atoms. The third-order valence-electron chi connectivity index (χ3n) is 7.65. The topological polar surface area (TPSA) is 37.3 Å². The van der Waals surface area contributed by atoms with E-state index in [1.54, 1.807) is 0 Å². The van der Waals surface area contributed by atoms with Crippen LogP contribution in [0.4, 0.5) is 0 Å². The molecule has 0 aromatic heterocycles. The molecule has 1 N–H and O–H groups in total. The highest BCUT2D eigenvalue weighted by Gasteiger charge is 2.12. The number of hydrogen-bond donors (Lipinski definition) is 1. The average Bonchev–Trinajstić information content (AvgIpc) is 2.82. The van der Waals surface area contributed by atoms with Gasteiger partial charge < -0.3 is 5.11 Å². The number of carbonyl (C=O) groups is 1. The first-order chi connectivity index (χ1) is 16.7. The monoisotopic (exact) mass is 480 g/mol. The van der Waals surface area contributed by atoms with Gasteiger partial charge in [-0.15, -0.1) is 0 Å². The molecule has 0 saturated carbocycles. The Kier molecular flexibility index (Phi) is 28.3. The Morgan fingerprint density at radius 2 is 0.676 bits per heavy atom. The highest BCUT2D eigenvalue weighted by molar-refractivity contribution is 5.66. The molecule has 0 rings (SSSR count). The van der Waals surface area contributed by atoms with Crippen LogP contribution in [0.25, 0.3) is 0 Å². The molecule has 204 valence electrons. The van der Waals surface area contributed by atoms with Crippen molar-refractivity contribution in [3.05, 3.63) is 0 Å². The van der Waals surface area contributed by atoms with Gasteiger partial charge in [-0.3, -0.25) is 4.79 Å². The fourth-order valence-electron chi connectivity index (χ4n) is 5.32. The zero-order valence-corrected chi connectivity index (χ0v) is 23.7. The van der Waals surface area contributed by atoms with Gasteiger partial charge in [-0.05, 0) is 18.8 Å². The molecule has 0 aromatic carbocycles. The van der Waals surface area contributed by atoms with Crippen molar-refractivity contribution < 1.29 is 9.90 Å². The second-order valence-electron chi connectivity index (χ2n) is 11.2. The van der Waals surface area contributed by atoms with E-state index in [0.29, 0.717) is 12.3 Å². The molecular weight excluding hydrogens is 416 g/mol. The Balaban J connectivity index is 3.49. The molecule has 1 unspecified atom stereocenters. The minimum Gasteiger partial charge on any atom is -0.481 e. The molecule has 0 heterocycles. The number of unbranched alkanes of at least 4 members (excludes halogenated alkanes) is 23. The predicted octanol–water partition coefficient (Wildman–Crippen LogP) is 11.6. The van der Waals surface area contributed by atoms with Crippen molar-refractivity contribution in [2.45, 2.75) is 194 Å². The zero-order valence-electron chi connectivity index (χ0n) is 23.7. The lowest BCUT2D eigenvalue weighted by molar-refractivity contribution is -0.138. The van der Waals surface area contributed by atoms with Crippen molar-refractivity contribution in [3.63, 3.8) is 0 Å². The third kappa shape index (κ3) is 27.7. The standard InChI is InChI=1S/C32H64O2/c1-3-5-7-9-11-13-15-16-17-18-19-21-23-25-27-29-31(30-32(33)34)28-26-24-22-20-14-12-10-8-6-4-2/h31H,3-30H2,1-2H3,(H,33,34). The van der Waals surface area contributed by atoms with Crippen LogP contribution in [0.5, 0.6) is 0 Å². The van der Waals surface area contributed by atoms with Crippen LogP contribution in [-0.2, 0) is 4.79 Å². The Hall–Kier alpha value is -0.530. The largest absolute Gasteiger partial charge is 0.481 e. The Bertz CT molecular complexity index is 392. The van der Waals surface area contributed by atoms with Gasteiger partial charge in [0, 0.05) is 6.42 Å². The van der Waals surface area contributed by atoms with Gasteiger partial charge in [-0.2, -0.15) is 0 Å². The molecule has 0 aromatic rings. The van der Waals surface area contributed by atoms with E-state index in [9.17, 15) is 9.90 Å². The van der Waals surface area contributed by atoms with Gasteiger partial charge in [0.05, 0.1) is 0 Å². The normalized spacial score (nSPS) is 12.3. The van der Waals surface area contributed by atoms with Crippen LogP contribution in [0.1, 0.15) is 194 Å². The summed E-state index contributed by atoms with van der Waals surface area (Å²) in [6.45, 7) is 4.56. The summed E-state index contributed by atoms with van der Waals surface area (Å²) in [5, 5.41) is 9.27. The maximum absolute atomic E-state index is 11.3. The third-order valence-corrected chi connectivity index (χ3v) is 7.65. The first-order valence-electron chi connectivity index (χ1n) is 15.9. The Labute approximate surface area is 215 Å². The summed E-state index contributed by atoms with van der Waals surface area (Å²) in [5.41, 5.74) is 0. The highest BCUT2D eigenvalue weighted by atomic mass is 16.4. The summed E-state index contributed by atoms with van der Waals surface area (Å²) in [4.78, 5) is 11.3. The van der Waals surface area contributed by atoms with E-state index in [1.165, 1.54) is 161 Å². The van der Waals surface area contributed by atoms with Crippen molar-refractivity contribution in [2.75, 3.05) is 0 Å². The van der Waals surface area contributed by atoms with Crippen LogP contribution in [0.2, 0.25) is 0 Å². The minimum absolute atomic E-state index is 0.385. The van der Waals surface area contributed by atoms with Crippen LogP contribution < -0.4 is 0 Å². The van der Waals surface area contributed by atoms with Crippen molar-refractivity contribution in [1.29, 1.82) is 0 Å². The van der Waals surface area contributed by atoms with E-state index < -0.39 is 5.97 Å². The van der Waals surface area contributed by atoms with Gasteiger partial charge >= 0.3 is 5.97 Å². The lowest BCUT2D eigenvalue weighted by Crippen LogP contribution is -2.08. The molecule has 2 nitrogen and oxygen atoms in total. The molecule has 0 bridgehead atoms. The van der Waals surface area contributed by atoms with Gasteiger partial charge in [0.25, 0.3) is 0 Å². The van der Waals surface area contributed by atoms with Crippen LogP contribution in [0.3, 0.4) is 0 Å². The summed E-state index contributed by atoms with van der Waals surface area (Å²) in [5.74, 6) is -0.188. The van der Waals surface area contributed by atoms with Gasteiger partial charge in [0.1, 0.15) is 0 Å². The molecule has 0 radical (unpaired) electrons. The van der Waals surface area contributed by atoms with E-state index >= 15 is 0 Å². The molecule has 2 heteroatoms. The maximum Gasteiger partial charge on any atom is 0.303 e. The number of rotatable bonds is 29. The number of hydrogen-bond acceptors (Lipinski definition) is 1. The van der Waals surface area contributed by atoms with E-state index in [2.05, 4.69) is 13.8 Å². The molecule has 1 atom stereocenters. The Morgan fingerprint density at radius 3 is 0.912 bits per heavy atom. The number of carboxylic acids is 1. The van der Waals surface area contributed by atoms with Crippen molar-refractivity contribution in [1.82, 2.24) is 0 Å². The fourth-order valence-corrected chi connectivity index (χ4v) is 5.32. The second-order valence-corrected chi connectivity index (χ2v) is 11.2. The molecule has 34 heavy (non-hydrogen) atoms. The SMILES string of the molecule is CCCCCCCCCCCCCCCCCC(CCCCCCCCCCCC)CC(=O)O. The maximum atomic E-state index is 11.3. The summed E-state index contributed by atoms with van der Waals surface area (Å²) in [6, 6.07) is 0. The van der Waals surface area contributed by atoms with Crippen LogP contribution >= 0.6 is 0 Å². The van der Waals surface area contributed by atoms with Gasteiger partial charge in [0.15, 0.2) is 0 Å². The van der Waals surface area contributed by atoms with Crippen LogP contribution in [0, 0.1) is 5.92 Å². The average molecular weight is 481 g/mol. The van der Waals surface area contributed by atoms with Crippen molar-refractivity contribution >= 4 is 5.97 Å². The summed E-state index contributed by atoms with van der Waals surface area (Å²) in [6.07, 6.45) is 37.1. The molecule has 0 aliphatic carbocycles. The zero-order chi connectivity index (χ0) is 25.0. The molecular formula is C32H64O2. The Morgan fingerprint density at radius 1 is 0.441 bits per heavy atom. The number of carboxylic acid groups (broad SMARTS) is 1. The van der Waals surface area contributed by atoms with Crippen molar-refractivity contribution in [2.24, 2.45) is 5.92 Å². The molecule has 0 saturated heterocycles. The van der Waals surface area contributed by atoms with Gasteiger partial charge in [0.2, 0.25) is 0 Å². The van der Waals surface area contributed by atoms with Crippen LogP contribution in [0.15, 0.2) is 0 Å². The minimum atomic E-state index is -0.599. The smallest absolute Gasteiger partial charge is 0.303 e. The van der Waals surface area contributed by atoms with Gasteiger partial charge in [-0.1, -0.05) is 174 Å². The first kappa shape index (κ1) is 33.5. The van der Waals surface area contributed by atoms with E-state index in [-0.39, 0.29) is 0 Å². The second kappa shape index (κ2) is 28.7. The fraction of sp³-hybridized carbons (Fsp3) is 0.969. The highest BCUT2D eigenvalue weighted by Crippen LogP contribution is 2.22. The van der Waals surface area contributed by atoms with E-state index in [4.69, 9.17) is 0 Å². The summed E-state index contributed by atoms with van der Waals surface area (Å²) < 4.78 is 0. The molecule has 0 aliphatic rings. The summed E-state index contributed by atoms with van der Waals surface area (Å²) >= 11 is 0. The lowest BCUT2D eigenvalue weighted by atomic mass is 9.91. The number of aliphatic carboxylic acids is 1. The van der Waals surface area contributed by atoms with E-state index in [1.807, 2.05) is 0 Å². The lowest BCUT2D eigenvalue weighted by Gasteiger charge is -2.14. The van der Waals surface area contributed by atoms with Crippen molar-refractivity contribution in [3.8, 4) is 0 Å². The molecule has 0 fully saturated rings. The van der Waals surface area contributed by atoms with E-state index in [0.717, 1.165) is 12.8 Å². The van der Waals surface area contributed by atoms with Gasteiger partial charge in [-0.25, -0.2) is 0 Å². The molecule has 0 amide bonds. The summed E-state index contributed by atoms with van der Waals surface area (Å²) in [7, 11) is 0.